The van der Waals surface area contributed by atoms with Crippen LogP contribution in [-0.2, 0) is 6.42 Å². The van der Waals surface area contributed by atoms with Gasteiger partial charge < -0.3 is 9.73 Å². The van der Waals surface area contributed by atoms with E-state index in [4.69, 9.17) is 4.42 Å². The van der Waals surface area contributed by atoms with Crippen LogP contribution in [0.5, 0.6) is 0 Å². The molecule has 0 atom stereocenters. The molecule has 0 amide bonds. The number of hydrogen-bond donors (Lipinski definition) is 1. The third kappa shape index (κ3) is 2.67. The zero-order valence-electron chi connectivity index (χ0n) is 8.69. The molecule has 2 aromatic heterocycles. The smallest absolute Gasteiger partial charge is 0.236 e. The largest absolute Gasteiger partial charge is 0.440 e. The minimum atomic E-state index is 0.740. The van der Waals surface area contributed by atoms with Crippen LogP contribution in [0.15, 0.2) is 28.1 Å². The van der Waals surface area contributed by atoms with Crippen molar-refractivity contribution in [1.29, 1.82) is 0 Å². The Morgan fingerprint density at radius 1 is 1.53 bits per heavy atom. The van der Waals surface area contributed by atoms with Crippen molar-refractivity contribution in [1.82, 2.24) is 10.3 Å². The maximum atomic E-state index is 5.65. The summed E-state index contributed by atoms with van der Waals surface area (Å²) < 4.78 is 5.65. The second kappa shape index (κ2) is 5.09. The molecular formula is C11H14N2OS. The molecule has 3 nitrogen and oxygen atoms in total. The van der Waals surface area contributed by atoms with Gasteiger partial charge in [0.2, 0.25) is 5.89 Å². The number of thiophene rings is 1. The molecule has 1 N–H and O–H groups in total. The zero-order valence-corrected chi connectivity index (χ0v) is 9.51. The normalized spacial score (nSPS) is 10.7. The number of aryl methyl sites for hydroxylation is 1. The van der Waals surface area contributed by atoms with Crippen LogP contribution in [0.25, 0.3) is 10.8 Å². The summed E-state index contributed by atoms with van der Waals surface area (Å²) in [6, 6.07) is 4.03. The van der Waals surface area contributed by atoms with Crippen LogP contribution in [0.2, 0.25) is 0 Å². The molecule has 0 radical (unpaired) electrons. The van der Waals surface area contributed by atoms with Crippen molar-refractivity contribution in [2.75, 3.05) is 13.6 Å². The van der Waals surface area contributed by atoms with Crippen molar-refractivity contribution in [3.63, 3.8) is 0 Å². The Kier molecular flexibility index (Phi) is 3.53. The Hall–Kier alpha value is -1.13. The number of nitrogens with one attached hydrogen (secondary N) is 1. The number of aromatic nitrogens is 1. The van der Waals surface area contributed by atoms with E-state index in [9.17, 15) is 0 Å². The summed E-state index contributed by atoms with van der Waals surface area (Å²) in [6.45, 7) is 1.01. The van der Waals surface area contributed by atoms with Crippen molar-refractivity contribution < 1.29 is 4.42 Å². The topological polar surface area (TPSA) is 38.1 Å². The van der Waals surface area contributed by atoms with E-state index in [-0.39, 0.29) is 0 Å². The number of hydrogen-bond acceptors (Lipinski definition) is 4. The first-order chi connectivity index (χ1) is 7.40. The molecule has 2 heterocycles. The van der Waals surface area contributed by atoms with Gasteiger partial charge in [0.05, 0.1) is 11.1 Å². The van der Waals surface area contributed by atoms with Crippen LogP contribution in [0.4, 0.5) is 0 Å². The molecule has 0 spiro atoms. The minimum absolute atomic E-state index is 0.740. The van der Waals surface area contributed by atoms with Gasteiger partial charge in [0.25, 0.3) is 0 Å². The van der Waals surface area contributed by atoms with E-state index < -0.39 is 0 Å². The highest BCUT2D eigenvalue weighted by Gasteiger charge is 2.06. The molecule has 0 saturated heterocycles. The highest BCUT2D eigenvalue weighted by molar-refractivity contribution is 7.13. The van der Waals surface area contributed by atoms with Gasteiger partial charge in [-0.1, -0.05) is 6.07 Å². The van der Waals surface area contributed by atoms with Gasteiger partial charge in [-0.05, 0) is 31.5 Å². The molecule has 0 aliphatic carbocycles. The molecule has 2 aromatic rings. The van der Waals surface area contributed by atoms with Gasteiger partial charge in [0.1, 0.15) is 5.76 Å². The Morgan fingerprint density at radius 3 is 3.20 bits per heavy atom. The summed E-state index contributed by atoms with van der Waals surface area (Å²) in [5, 5.41) is 5.14. The summed E-state index contributed by atoms with van der Waals surface area (Å²) in [4.78, 5) is 5.35. The SMILES string of the molecule is CNCCCc1cnc(-c2cccs2)o1. The van der Waals surface area contributed by atoms with Crippen molar-refractivity contribution >= 4 is 11.3 Å². The molecule has 0 fully saturated rings. The van der Waals surface area contributed by atoms with Crippen molar-refractivity contribution in [2.45, 2.75) is 12.8 Å². The van der Waals surface area contributed by atoms with Crippen LogP contribution in [0.1, 0.15) is 12.2 Å². The molecule has 0 aromatic carbocycles. The lowest BCUT2D eigenvalue weighted by atomic mass is 10.3. The van der Waals surface area contributed by atoms with Crippen molar-refractivity contribution in [2.24, 2.45) is 0 Å². The van der Waals surface area contributed by atoms with Crippen LogP contribution >= 0.6 is 11.3 Å². The highest BCUT2D eigenvalue weighted by atomic mass is 32.1. The first-order valence-electron chi connectivity index (χ1n) is 5.03. The van der Waals surface area contributed by atoms with E-state index in [1.54, 1.807) is 11.3 Å². The average molecular weight is 222 g/mol. The van der Waals surface area contributed by atoms with Crippen LogP contribution in [-0.4, -0.2) is 18.6 Å². The fourth-order valence-corrected chi connectivity index (χ4v) is 2.03. The van der Waals surface area contributed by atoms with E-state index in [2.05, 4.69) is 10.3 Å². The second-order valence-corrected chi connectivity index (χ2v) is 4.26. The summed E-state index contributed by atoms with van der Waals surface area (Å²) >= 11 is 1.65. The molecule has 0 aliphatic heterocycles. The minimum Gasteiger partial charge on any atom is -0.440 e. The summed E-state index contributed by atoms with van der Waals surface area (Å²) in [6.07, 6.45) is 3.85. The number of oxazole rings is 1. The molecule has 0 aliphatic rings. The van der Waals surface area contributed by atoms with E-state index in [0.29, 0.717) is 0 Å². The first kappa shape index (κ1) is 10.4. The fraction of sp³-hybridized carbons (Fsp3) is 0.364. The molecule has 0 bridgehead atoms. The van der Waals surface area contributed by atoms with Gasteiger partial charge in [0.15, 0.2) is 0 Å². The third-order valence-corrected chi connectivity index (χ3v) is 2.99. The first-order valence-corrected chi connectivity index (χ1v) is 5.91. The quantitative estimate of drug-likeness (QED) is 0.790. The fourth-order valence-electron chi connectivity index (χ4n) is 1.38. The maximum Gasteiger partial charge on any atom is 0.236 e. The Labute approximate surface area is 93.2 Å². The van der Waals surface area contributed by atoms with E-state index in [1.807, 2.05) is 30.8 Å². The average Bonchev–Trinajstić information content (AvgIpc) is 2.87. The van der Waals surface area contributed by atoms with Crippen molar-refractivity contribution in [3.05, 3.63) is 29.5 Å². The Bertz CT molecular complexity index is 394. The molecule has 4 heteroatoms. The third-order valence-electron chi connectivity index (χ3n) is 2.14. The second-order valence-electron chi connectivity index (χ2n) is 3.32. The lowest BCUT2D eigenvalue weighted by Crippen LogP contribution is -2.08. The van der Waals surface area contributed by atoms with E-state index >= 15 is 0 Å². The van der Waals surface area contributed by atoms with Crippen LogP contribution in [0.3, 0.4) is 0 Å². The molecule has 2 rings (SSSR count). The van der Waals surface area contributed by atoms with E-state index in [0.717, 1.165) is 35.9 Å². The molecular weight excluding hydrogens is 208 g/mol. The molecule has 0 saturated carbocycles. The lowest BCUT2D eigenvalue weighted by Gasteiger charge is -1.95. The molecule has 15 heavy (non-hydrogen) atoms. The predicted molar refractivity (Wildman–Crippen MR) is 62.1 cm³/mol. The van der Waals surface area contributed by atoms with Gasteiger partial charge in [0, 0.05) is 6.42 Å². The van der Waals surface area contributed by atoms with Gasteiger partial charge in [-0.3, -0.25) is 0 Å². The Balaban J connectivity index is 1.98. The maximum absolute atomic E-state index is 5.65. The summed E-state index contributed by atoms with van der Waals surface area (Å²) in [7, 11) is 1.96. The monoisotopic (exact) mass is 222 g/mol. The summed E-state index contributed by atoms with van der Waals surface area (Å²) in [5.41, 5.74) is 0. The van der Waals surface area contributed by atoms with E-state index in [1.165, 1.54) is 0 Å². The Morgan fingerprint density at radius 2 is 2.47 bits per heavy atom. The highest BCUT2D eigenvalue weighted by Crippen LogP contribution is 2.24. The van der Waals surface area contributed by atoms with Gasteiger partial charge in [-0.25, -0.2) is 4.98 Å². The predicted octanol–water partition coefficient (Wildman–Crippen LogP) is 2.56. The molecule has 0 unspecified atom stereocenters. The zero-order chi connectivity index (χ0) is 10.5. The number of nitrogens with zero attached hydrogens (tertiary/aromatic N) is 1. The number of rotatable bonds is 5. The van der Waals surface area contributed by atoms with Crippen LogP contribution < -0.4 is 5.32 Å². The van der Waals surface area contributed by atoms with Gasteiger partial charge in [-0.2, -0.15) is 0 Å². The van der Waals surface area contributed by atoms with Gasteiger partial charge >= 0.3 is 0 Å². The van der Waals surface area contributed by atoms with Crippen molar-refractivity contribution in [3.8, 4) is 10.8 Å². The summed E-state index contributed by atoms with van der Waals surface area (Å²) in [5.74, 6) is 1.71. The van der Waals surface area contributed by atoms with Gasteiger partial charge in [-0.15, -0.1) is 11.3 Å². The standard InChI is InChI=1S/C11H14N2OS/c1-12-6-2-4-9-8-13-11(14-9)10-5-3-7-15-10/h3,5,7-8,12H,2,4,6H2,1H3. The lowest BCUT2D eigenvalue weighted by molar-refractivity contribution is 0.508. The van der Waals surface area contributed by atoms with Crippen LogP contribution in [0, 0.1) is 0 Å². The molecule has 80 valence electrons.